The lowest BCUT2D eigenvalue weighted by atomic mass is 10.1. The summed E-state index contributed by atoms with van der Waals surface area (Å²) >= 11 is 0. The van der Waals surface area contributed by atoms with Crippen molar-refractivity contribution in [3.05, 3.63) is 59.7 Å². The second-order valence-electron chi connectivity index (χ2n) is 7.07. The number of pyridine rings is 1. The number of nitrogens with one attached hydrogen (secondary N) is 2. The number of carbonyl (C=O) groups excluding carboxylic acids is 1. The molecule has 28 heavy (non-hydrogen) atoms. The Bertz CT molecular complexity index is 995. The van der Waals surface area contributed by atoms with Crippen molar-refractivity contribution in [2.75, 3.05) is 41.8 Å². The molecule has 1 aliphatic rings. The number of anilines is 3. The molecule has 1 fully saturated rings. The van der Waals surface area contributed by atoms with Crippen molar-refractivity contribution in [1.82, 2.24) is 4.98 Å². The molecule has 6 nitrogen and oxygen atoms in total. The van der Waals surface area contributed by atoms with E-state index in [9.17, 15) is 4.79 Å². The van der Waals surface area contributed by atoms with Crippen molar-refractivity contribution in [3.8, 4) is 0 Å². The van der Waals surface area contributed by atoms with Crippen molar-refractivity contribution in [2.24, 2.45) is 0 Å². The third kappa shape index (κ3) is 4.07. The molecule has 1 aliphatic heterocycles. The zero-order valence-corrected chi connectivity index (χ0v) is 16.2. The van der Waals surface area contributed by atoms with Gasteiger partial charge in [-0.1, -0.05) is 17.7 Å². The lowest BCUT2D eigenvalue weighted by Gasteiger charge is -2.28. The van der Waals surface area contributed by atoms with Crippen molar-refractivity contribution in [3.63, 3.8) is 0 Å². The molecule has 0 saturated carbocycles. The molecule has 0 spiro atoms. The lowest BCUT2D eigenvalue weighted by Crippen LogP contribution is -2.36. The summed E-state index contributed by atoms with van der Waals surface area (Å²) in [7, 11) is 0. The Morgan fingerprint density at radius 3 is 2.39 bits per heavy atom. The van der Waals surface area contributed by atoms with Gasteiger partial charge in [-0.05, 0) is 55.8 Å². The summed E-state index contributed by atoms with van der Waals surface area (Å²) in [5, 5.41) is 6.78. The molecule has 2 aromatic carbocycles. The maximum atomic E-state index is 12.3. The smallest absolute Gasteiger partial charge is 0.323 e. The van der Waals surface area contributed by atoms with Gasteiger partial charge in [-0.2, -0.15) is 0 Å². The summed E-state index contributed by atoms with van der Waals surface area (Å²) in [5.41, 5.74) is 4.71. The van der Waals surface area contributed by atoms with E-state index in [1.165, 1.54) is 0 Å². The summed E-state index contributed by atoms with van der Waals surface area (Å²) < 4.78 is 5.42. The second-order valence-corrected chi connectivity index (χ2v) is 7.07. The number of benzene rings is 2. The Morgan fingerprint density at radius 1 is 0.964 bits per heavy atom. The summed E-state index contributed by atoms with van der Waals surface area (Å²) in [4.78, 5) is 19.3. The summed E-state index contributed by atoms with van der Waals surface area (Å²) in [6.07, 6.45) is 0. The molecule has 2 amide bonds. The van der Waals surface area contributed by atoms with Gasteiger partial charge in [0.15, 0.2) is 0 Å². The molecule has 1 aromatic heterocycles. The number of urea groups is 1. The number of rotatable bonds is 3. The fraction of sp³-hybridized carbons (Fsp3) is 0.273. The predicted molar refractivity (Wildman–Crippen MR) is 113 cm³/mol. The number of aromatic nitrogens is 1. The fourth-order valence-electron chi connectivity index (χ4n) is 3.34. The van der Waals surface area contributed by atoms with Gasteiger partial charge in [0, 0.05) is 29.9 Å². The van der Waals surface area contributed by atoms with Crippen LogP contribution >= 0.6 is 0 Å². The number of nitrogens with zero attached hydrogens (tertiary/aromatic N) is 2. The van der Waals surface area contributed by atoms with Crippen molar-refractivity contribution < 1.29 is 9.53 Å². The van der Waals surface area contributed by atoms with Gasteiger partial charge >= 0.3 is 6.03 Å². The van der Waals surface area contributed by atoms with E-state index in [1.807, 2.05) is 49.4 Å². The minimum Gasteiger partial charge on any atom is -0.378 e. The number of amides is 2. The average Bonchev–Trinajstić information content (AvgIpc) is 2.71. The first-order valence-corrected chi connectivity index (χ1v) is 9.47. The molecule has 3 aromatic rings. The highest BCUT2D eigenvalue weighted by Crippen LogP contribution is 2.26. The number of fused-ring (bicyclic) bond motifs is 1. The van der Waals surface area contributed by atoms with Crippen molar-refractivity contribution >= 4 is 34.1 Å². The topological polar surface area (TPSA) is 66.5 Å². The van der Waals surface area contributed by atoms with Gasteiger partial charge in [0.2, 0.25) is 0 Å². The second kappa shape index (κ2) is 7.86. The van der Waals surface area contributed by atoms with E-state index < -0.39 is 0 Å². The van der Waals surface area contributed by atoms with Gasteiger partial charge in [-0.3, -0.25) is 0 Å². The number of morpholine rings is 1. The SMILES string of the molecule is Cc1ccc(NC(=O)Nc2ccc3nc(N4CCOCC4)cc(C)c3c2)cc1. The zero-order valence-electron chi connectivity index (χ0n) is 16.2. The maximum absolute atomic E-state index is 12.3. The van der Waals surface area contributed by atoms with E-state index in [4.69, 9.17) is 9.72 Å². The van der Waals surface area contributed by atoms with Crippen LogP contribution in [0.5, 0.6) is 0 Å². The van der Waals surface area contributed by atoms with Crippen LogP contribution in [0, 0.1) is 13.8 Å². The number of aryl methyl sites for hydroxylation is 2. The standard InChI is InChI=1S/C22H24N4O2/c1-15-3-5-17(6-4-15)23-22(27)24-18-7-8-20-19(14-18)16(2)13-21(25-20)26-9-11-28-12-10-26/h3-8,13-14H,9-12H2,1-2H3,(H2,23,24,27). The Hall–Kier alpha value is -3.12. The van der Waals surface area contributed by atoms with Gasteiger partial charge in [0.25, 0.3) is 0 Å². The van der Waals surface area contributed by atoms with Gasteiger partial charge in [-0.25, -0.2) is 9.78 Å². The monoisotopic (exact) mass is 376 g/mol. The Balaban J connectivity index is 1.51. The number of hydrogen-bond acceptors (Lipinski definition) is 4. The summed E-state index contributed by atoms with van der Waals surface area (Å²) in [6.45, 7) is 7.27. The van der Waals surface area contributed by atoms with E-state index in [0.29, 0.717) is 0 Å². The first kappa shape index (κ1) is 18.3. The molecule has 6 heteroatoms. The normalized spacial score (nSPS) is 14.1. The highest BCUT2D eigenvalue weighted by Gasteiger charge is 2.14. The van der Waals surface area contributed by atoms with E-state index in [-0.39, 0.29) is 6.03 Å². The molecule has 1 saturated heterocycles. The fourth-order valence-corrected chi connectivity index (χ4v) is 3.34. The molecule has 2 N–H and O–H groups in total. The molecule has 2 heterocycles. The van der Waals surface area contributed by atoms with Gasteiger partial charge < -0.3 is 20.3 Å². The largest absolute Gasteiger partial charge is 0.378 e. The van der Waals surface area contributed by atoms with Crippen LogP contribution in [0.3, 0.4) is 0 Å². The third-order valence-corrected chi connectivity index (χ3v) is 4.90. The minimum absolute atomic E-state index is 0.265. The number of ether oxygens (including phenoxy) is 1. The molecule has 4 rings (SSSR count). The molecular formula is C22H24N4O2. The predicted octanol–water partition coefficient (Wildman–Crippen LogP) is 4.33. The van der Waals surface area contributed by atoms with Crippen LogP contribution in [0.15, 0.2) is 48.5 Å². The van der Waals surface area contributed by atoms with Crippen molar-refractivity contribution in [2.45, 2.75) is 13.8 Å². The van der Waals surface area contributed by atoms with Crippen LogP contribution in [-0.4, -0.2) is 37.3 Å². The molecule has 0 unspecified atom stereocenters. The summed E-state index contributed by atoms with van der Waals surface area (Å²) in [5.74, 6) is 0.978. The van der Waals surface area contributed by atoms with Crippen LogP contribution in [-0.2, 0) is 4.74 Å². The Labute approximate surface area is 164 Å². The molecular weight excluding hydrogens is 352 g/mol. The highest BCUT2D eigenvalue weighted by molar-refractivity contribution is 6.01. The molecule has 0 atom stereocenters. The van der Waals surface area contributed by atoms with E-state index in [1.54, 1.807) is 0 Å². The maximum Gasteiger partial charge on any atom is 0.323 e. The molecule has 0 radical (unpaired) electrons. The first-order chi connectivity index (χ1) is 13.6. The molecule has 0 bridgehead atoms. The number of carbonyl (C=O) groups is 1. The lowest BCUT2D eigenvalue weighted by molar-refractivity contribution is 0.122. The van der Waals surface area contributed by atoms with Crippen LogP contribution in [0.4, 0.5) is 22.0 Å². The van der Waals surface area contributed by atoms with Gasteiger partial charge in [0.05, 0.1) is 18.7 Å². The van der Waals surface area contributed by atoms with Crippen molar-refractivity contribution in [1.29, 1.82) is 0 Å². The van der Waals surface area contributed by atoms with E-state index in [0.717, 1.165) is 65.5 Å². The zero-order chi connectivity index (χ0) is 19.5. The minimum atomic E-state index is -0.265. The number of hydrogen-bond donors (Lipinski definition) is 2. The van der Waals surface area contributed by atoms with Gasteiger partial charge in [-0.15, -0.1) is 0 Å². The Kier molecular flexibility index (Phi) is 5.12. The van der Waals surface area contributed by atoms with E-state index >= 15 is 0 Å². The third-order valence-electron chi connectivity index (χ3n) is 4.90. The van der Waals surface area contributed by atoms with Gasteiger partial charge in [0.1, 0.15) is 5.82 Å². The van der Waals surface area contributed by atoms with Crippen LogP contribution in [0.2, 0.25) is 0 Å². The quantitative estimate of drug-likeness (QED) is 0.714. The molecule has 0 aliphatic carbocycles. The first-order valence-electron chi connectivity index (χ1n) is 9.47. The average molecular weight is 376 g/mol. The van der Waals surface area contributed by atoms with E-state index in [2.05, 4.69) is 28.5 Å². The van der Waals surface area contributed by atoms with Crippen LogP contribution in [0.25, 0.3) is 10.9 Å². The Morgan fingerprint density at radius 2 is 1.64 bits per heavy atom. The summed E-state index contributed by atoms with van der Waals surface area (Å²) in [6, 6.07) is 15.3. The highest BCUT2D eigenvalue weighted by atomic mass is 16.5. The van der Waals surface area contributed by atoms with Crippen LogP contribution in [0.1, 0.15) is 11.1 Å². The van der Waals surface area contributed by atoms with Crippen LogP contribution < -0.4 is 15.5 Å². The molecule has 144 valence electrons.